The Morgan fingerprint density at radius 2 is 1.85 bits per heavy atom. The van der Waals surface area contributed by atoms with Crippen LogP contribution >= 0.6 is 0 Å². The molecule has 0 saturated carbocycles. The molecular weight excluding hydrogens is 328 g/mol. The van der Waals surface area contributed by atoms with Crippen molar-refractivity contribution in [2.24, 2.45) is 17.4 Å². The maximum Gasteiger partial charge on any atom is 0.254 e. The number of nitrogens with zero attached hydrogens (tertiary/aromatic N) is 2. The SMILES string of the molecule is Cc1cc(C)cc(Nc2nc(NC(C)CC(C)CN)ncc2C(N)=O)c1. The molecule has 2 aromatic rings. The molecule has 1 heterocycles. The largest absolute Gasteiger partial charge is 0.365 e. The summed E-state index contributed by atoms with van der Waals surface area (Å²) in [6, 6.07) is 6.20. The van der Waals surface area contributed by atoms with Crippen LogP contribution < -0.4 is 22.1 Å². The smallest absolute Gasteiger partial charge is 0.254 e. The summed E-state index contributed by atoms with van der Waals surface area (Å²) < 4.78 is 0. The minimum absolute atomic E-state index is 0.155. The second-order valence-corrected chi connectivity index (χ2v) is 6.94. The average Bonchev–Trinajstić information content (AvgIpc) is 2.53. The number of hydrogen-bond donors (Lipinski definition) is 4. The van der Waals surface area contributed by atoms with Gasteiger partial charge in [-0.3, -0.25) is 4.79 Å². The van der Waals surface area contributed by atoms with Gasteiger partial charge < -0.3 is 22.1 Å². The number of primary amides is 1. The lowest BCUT2D eigenvalue weighted by molar-refractivity contribution is 0.100. The highest BCUT2D eigenvalue weighted by Gasteiger charge is 2.15. The van der Waals surface area contributed by atoms with Gasteiger partial charge >= 0.3 is 0 Å². The van der Waals surface area contributed by atoms with Crippen LogP contribution in [0.5, 0.6) is 0 Å². The van der Waals surface area contributed by atoms with Gasteiger partial charge in [-0.25, -0.2) is 4.98 Å². The van der Waals surface area contributed by atoms with Crippen LogP contribution in [0, 0.1) is 19.8 Å². The van der Waals surface area contributed by atoms with Crippen molar-refractivity contribution in [3.8, 4) is 0 Å². The van der Waals surface area contributed by atoms with Crippen molar-refractivity contribution < 1.29 is 4.79 Å². The molecule has 7 nitrogen and oxygen atoms in total. The van der Waals surface area contributed by atoms with Crippen molar-refractivity contribution in [3.05, 3.63) is 41.1 Å². The number of anilines is 3. The van der Waals surface area contributed by atoms with E-state index in [-0.39, 0.29) is 11.6 Å². The molecule has 0 aliphatic carbocycles. The molecule has 140 valence electrons. The van der Waals surface area contributed by atoms with Crippen LogP contribution in [0.2, 0.25) is 0 Å². The molecule has 1 aromatic heterocycles. The number of aryl methyl sites for hydroxylation is 2. The van der Waals surface area contributed by atoms with Crippen LogP contribution in [-0.4, -0.2) is 28.5 Å². The summed E-state index contributed by atoms with van der Waals surface area (Å²) in [4.78, 5) is 20.4. The number of hydrogen-bond acceptors (Lipinski definition) is 6. The van der Waals surface area contributed by atoms with E-state index in [9.17, 15) is 4.79 Å². The van der Waals surface area contributed by atoms with Crippen molar-refractivity contribution in [3.63, 3.8) is 0 Å². The van der Waals surface area contributed by atoms with Crippen molar-refractivity contribution in [2.75, 3.05) is 17.2 Å². The standard InChI is InChI=1S/C19H28N6O/c1-11-5-12(2)8-15(7-11)24-18-16(17(21)26)10-22-19(25-18)23-14(4)6-13(3)9-20/h5,7-8,10,13-14H,6,9,20H2,1-4H3,(H2,21,26)(H2,22,23,24,25). The van der Waals surface area contributed by atoms with E-state index < -0.39 is 5.91 Å². The van der Waals surface area contributed by atoms with Crippen LogP contribution in [0.25, 0.3) is 0 Å². The molecule has 0 aliphatic heterocycles. The number of nitrogens with one attached hydrogen (secondary N) is 2. The molecule has 2 atom stereocenters. The zero-order chi connectivity index (χ0) is 19.3. The van der Waals surface area contributed by atoms with Gasteiger partial charge in [0.25, 0.3) is 5.91 Å². The first kappa shape index (κ1) is 19.7. The van der Waals surface area contributed by atoms with Gasteiger partial charge in [0.2, 0.25) is 5.95 Å². The van der Waals surface area contributed by atoms with Gasteiger partial charge in [-0.15, -0.1) is 0 Å². The highest BCUT2D eigenvalue weighted by Crippen LogP contribution is 2.22. The Bertz CT molecular complexity index is 756. The van der Waals surface area contributed by atoms with Crippen molar-refractivity contribution >= 4 is 23.4 Å². The second kappa shape index (κ2) is 8.62. The van der Waals surface area contributed by atoms with Gasteiger partial charge in [0, 0.05) is 17.9 Å². The summed E-state index contributed by atoms with van der Waals surface area (Å²) in [6.07, 6.45) is 2.35. The Balaban J connectivity index is 2.26. The zero-order valence-electron chi connectivity index (χ0n) is 15.8. The van der Waals surface area contributed by atoms with Crippen molar-refractivity contribution in [1.29, 1.82) is 0 Å². The van der Waals surface area contributed by atoms with Gasteiger partial charge in [-0.05, 0) is 62.9 Å². The van der Waals surface area contributed by atoms with E-state index in [1.165, 1.54) is 6.20 Å². The third-order valence-corrected chi connectivity index (χ3v) is 4.07. The third kappa shape index (κ3) is 5.42. The maximum atomic E-state index is 11.7. The number of benzene rings is 1. The average molecular weight is 356 g/mol. The minimum Gasteiger partial charge on any atom is -0.365 e. The molecule has 7 heteroatoms. The molecule has 0 spiro atoms. The highest BCUT2D eigenvalue weighted by molar-refractivity contribution is 5.98. The van der Waals surface area contributed by atoms with E-state index in [2.05, 4.69) is 40.5 Å². The fraction of sp³-hybridized carbons (Fsp3) is 0.421. The predicted molar refractivity (Wildman–Crippen MR) is 106 cm³/mol. The van der Waals surface area contributed by atoms with Crippen LogP contribution in [0.3, 0.4) is 0 Å². The molecular formula is C19H28N6O. The summed E-state index contributed by atoms with van der Waals surface area (Å²) in [5, 5.41) is 6.44. The summed E-state index contributed by atoms with van der Waals surface area (Å²) in [6.45, 7) is 8.81. The second-order valence-electron chi connectivity index (χ2n) is 6.94. The first-order chi connectivity index (χ1) is 12.3. The van der Waals surface area contributed by atoms with Crippen LogP contribution in [0.15, 0.2) is 24.4 Å². The molecule has 2 unspecified atom stereocenters. The minimum atomic E-state index is -0.576. The van der Waals surface area contributed by atoms with Crippen LogP contribution in [-0.2, 0) is 0 Å². The van der Waals surface area contributed by atoms with Crippen molar-refractivity contribution in [1.82, 2.24) is 9.97 Å². The lowest BCUT2D eigenvalue weighted by Crippen LogP contribution is -2.24. The summed E-state index contributed by atoms with van der Waals surface area (Å²) >= 11 is 0. The van der Waals surface area contributed by atoms with Crippen LogP contribution in [0.4, 0.5) is 17.5 Å². The van der Waals surface area contributed by atoms with Crippen molar-refractivity contribution in [2.45, 2.75) is 40.2 Å². The molecule has 0 fully saturated rings. The molecule has 26 heavy (non-hydrogen) atoms. The fourth-order valence-corrected chi connectivity index (χ4v) is 2.89. The summed E-state index contributed by atoms with van der Waals surface area (Å²) in [5.74, 6) is 0.654. The topological polar surface area (TPSA) is 119 Å². The van der Waals surface area contributed by atoms with Gasteiger partial charge in [-0.1, -0.05) is 13.0 Å². The Labute approximate surface area is 154 Å². The molecule has 1 aromatic carbocycles. The quantitative estimate of drug-likeness (QED) is 0.577. The zero-order valence-corrected chi connectivity index (χ0v) is 15.8. The van der Waals surface area contributed by atoms with Crippen LogP contribution in [0.1, 0.15) is 41.8 Å². The number of rotatable bonds is 8. The Hall–Kier alpha value is -2.67. The molecule has 0 saturated heterocycles. The van der Waals surface area contributed by atoms with E-state index in [4.69, 9.17) is 11.5 Å². The van der Waals surface area contributed by atoms with E-state index in [0.29, 0.717) is 24.2 Å². The monoisotopic (exact) mass is 356 g/mol. The highest BCUT2D eigenvalue weighted by atomic mass is 16.1. The Morgan fingerprint density at radius 3 is 2.42 bits per heavy atom. The number of aromatic nitrogens is 2. The van der Waals surface area contributed by atoms with E-state index in [0.717, 1.165) is 23.2 Å². The van der Waals surface area contributed by atoms with E-state index in [1.54, 1.807) is 0 Å². The number of nitrogens with two attached hydrogens (primary N) is 2. The number of carbonyl (C=O) groups excluding carboxylic acids is 1. The molecule has 2 rings (SSSR count). The Morgan fingerprint density at radius 1 is 1.19 bits per heavy atom. The maximum absolute atomic E-state index is 11.7. The van der Waals surface area contributed by atoms with Gasteiger partial charge in [0.1, 0.15) is 11.4 Å². The summed E-state index contributed by atoms with van der Waals surface area (Å²) in [7, 11) is 0. The first-order valence-corrected chi connectivity index (χ1v) is 8.77. The first-order valence-electron chi connectivity index (χ1n) is 8.77. The number of carbonyl (C=O) groups is 1. The van der Waals surface area contributed by atoms with Gasteiger partial charge in [-0.2, -0.15) is 4.98 Å². The lowest BCUT2D eigenvalue weighted by atomic mass is 10.0. The molecule has 0 bridgehead atoms. The van der Waals surface area contributed by atoms with Gasteiger partial charge in [0.05, 0.1) is 0 Å². The van der Waals surface area contributed by atoms with E-state index in [1.807, 2.05) is 26.0 Å². The lowest BCUT2D eigenvalue weighted by Gasteiger charge is -2.18. The number of amides is 1. The molecule has 0 aliphatic rings. The normalized spacial score (nSPS) is 13.1. The Kier molecular flexibility index (Phi) is 6.52. The summed E-state index contributed by atoms with van der Waals surface area (Å²) in [5.41, 5.74) is 14.5. The predicted octanol–water partition coefficient (Wildman–Crippen LogP) is 2.72. The van der Waals surface area contributed by atoms with E-state index >= 15 is 0 Å². The molecule has 1 amide bonds. The third-order valence-electron chi connectivity index (χ3n) is 4.07. The fourth-order valence-electron chi connectivity index (χ4n) is 2.89. The van der Waals surface area contributed by atoms with Gasteiger partial charge in [0.15, 0.2) is 0 Å². The molecule has 6 N–H and O–H groups in total. The molecule has 0 radical (unpaired) electrons.